The Hall–Kier alpha value is -4.91. The number of aromatic nitrogens is 2. The van der Waals surface area contributed by atoms with Gasteiger partial charge in [-0.2, -0.15) is 26.3 Å². The van der Waals surface area contributed by atoms with Gasteiger partial charge in [-0.1, -0.05) is 56.1 Å². The topological polar surface area (TPSA) is 167 Å². The van der Waals surface area contributed by atoms with Crippen molar-refractivity contribution in [2.75, 3.05) is 14.1 Å². The predicted octanol–water partition coefficient (Wildman–Crippen LogP) is 5.61. The molecular formula is C32H30Br2F6N8O3. The summed E-state index contributed by atoms with van der Waals surface area (Å²) in [4.78, 5) is 45.8. The molecule has 0 bridgehead atoms. The minimum Gasteiger partial charge on any atom is -0.370 e. The number of amides is 1. The Kier molecular flexibility index (Phi) is 13.0. The van der Waals surface area contributed by atoms with Crippen molar-refractivity contribution in [3.63, 3.8) is 0 Å². The second kappa shape index (κ2) is 16.4. The number of nitrogens with zero attached hydrogens (tertiary/aromatic N) is 5. The number of hydrogen-bond donors (Lipinski definition) is 3. The molecule has 2 aromatic heterocycles. The van der Waals surface area contributed by atoms with Crippen LogP contribution in [0.5, 0.6) is 0 Å². The highest BCUT2D eigenvalue weighted by molar-refractivity contribution is 9.10. The molecule has 0 fully saturated rings. The zero-order valence-electron chi connectivity index (χ0n) is 26.7. The average molecular weight is 848 g/mol. The van der Waals surface area contributed by atoms with Crippen LogP contribution in [-0.4, -0.2) is 69.9 Å². The van der Waals surface area contributed by atoms with Gasteiger partial charge in [-0.3, -0.25) is 24.3 Å². The average Bonchev–Trinajstić information content (AvgIpc) is 3.75. The fourth-order valence-corrected chi connectivity index (χ4v) is 5.43. The molecule has 1 aliphatic rings. The van der Waals surface area contributed by atoms with E-state index in [1.54, 1.807) is 36.4 Å². The van der Waals surface area contributed by atoms with Gasteiger partial charge in [0.1, 0.15) is 13.1 Å². The monoisotopic (exact) mass is 846 g/mol. The normalized spacial score (nSPS) is 15.6. The zero-order chi connectivity index (χ0) is 38.3. The van der Waals surface area contributed by atoms with Gasteiger partial charge < -0.3 is 26.3 Å². The highest BCUT2D eigenvalue weighted by Gasteiger charge is 2.50. The smallest absolute Gasteiger partial charge is 0.370 e. The van der Waals surface area contributed by atoms with Crippen LogP contribution in [0.4, 0.5) is 26.3 Å². The van der Waals surface area contributed by atoms with Crippen LogP contribution in [0.1, 0.15) is 31.8 Å². The lowest BCUT2D eigenvalue weighted by Gasteiger charge is -2.25. The molecule has 5 rings (SSSR count). The number of rotatable bonds is 7. The molecule has 19 heteroatoms. The fourth-order valence-electron chi connectivity index (χ4n) is 4.63. The molecular weight excluding hydrogens is 818 g/mol. The van der Waals surface area contributed by atoms with E-state index in [1.807, 2.05) is 0 Å². The van der Waals surface area contributed by atoms with E-state index in [0.29, 0.717) is 15.6 Å². The van der Waals surface area contributed by atoms with Crippen LogP contribution in [-0.2, 0) is 23.4 Å². The molecule has 4 aromatic rings. The van der Waals surface area contributed by atoms with Crippen molar-refractivity contribution >= 4 is 61.3 Å². The summed E-state index contributed by atoms with van der Waals surface area (Å²) in [5.41, 5.74) is 14.9. The second-order valence-corrected chi connectivity index (χ2v) is 12.6. The number of aliphatic imine (C=N–C) groups is 2. The van der Waals surface area contributed by atoms with Gasteiger partial charge in [0.05, 0.1) is 0 Å². The van der Waals surface area contributed by atoms with E-state index >= 15 is 0 Å². The lowest BCUT2D eigenvalue weighted by atomic mass is 9.84. The summed E-state index contributed by atoms with van der Waals surface area (Å²) in [5.74, 6) is -1.89. The van der Waals surface area contributed by atoms with Gasteiger partial charge in [0.15, 0.2) is 17.5 Å². The zero-order valence-corrected chi connectivity index (χ0v) is 29.9. The van der Waals surface area contributed by atoms with Gasteiger partial charge in [-0.15, -0.1) is 0 Å². The molecule has 2 aromatic carbocycles. The SMILES string of the molecule is CN1C(=O)C(c2cccc(Br)c2)(c2ccn(CC(F)(F)F)c2)N=C1N.CN=C(N)N.O=C(C(=O)c1ccn(CC(F)(F)F)c1)c1cccc(Br)c1. The molecule has 1 atom stereocenters. The number of likely N-dealkylation sites (N-methyl/N-ethyl adjacent to an activating group) is 1. The number of carbonyl (C=O) groups is 3. The molecule has 0 saturated heterocycles. The van der Waals surface area contributed by atoms with E-state index in [2.05, 4.69) is 41.8 Å². The quantitative estimate of drug-likeness (QED) is 0.0719. The molecule has 0 saturated carbocycles. The molecule has 0 radical (unpaired) electrons. The summed E-state index contributed by atoms with van der Waals surface area (Å²) < 4.78 is 77.8. The lowest BCUT2D eigenvalue weighted by molar-refractivity contribution is -0.141. The number of carbonyl (C=O) groups excluding carboxylic acids is 3. The van der Waals surface area contributed by atoms with Crippen molar-refractivity contribution in [1.82, 2.24) is 14.0 Å². The molecule has 0 spiro atoms. The minimum atomic E-state index is -4.38. The van der Waals surface area contributed by atoms with E-state index in [0.717, 1.165) is 26.0 Å². The fraction of sp³-hybridized carbons (Fsp3) is 0.219. The molecule has 0 aliphatic carbocycles. The Morgan fingerprint density at radius 3 is 1.80 bits per heavy atom. The summed E-state index contributed by atoms with van der Waals surface area (Å²) in [7, 11) is 3.02. The molecule has 1 aliphatic heterocycles. The molecule has 11 nitrogen and oxygen atoms in total. The van der Waals surface area contributed by atoms with Crippen molar-refractivity contribution in [3.05, 3.63) is 117 Å². The number of alkyl halides is 6. The number of hydrogen-bond acceptors (Lipinski definition) is 6. The Morgan fingerprint density at radius 1 is 0.804 bits per heavy atom. The summed E-state index contributed by atoms with van der Waals surface area (Å²) in [6, 6.07) is 15.8. The second-order valence-electron chi connectivity index (χ2n) is 10.7. The van der Waals surface area contributed by atoms with Crippen molar-refractivity contribution in [3.8, 4) is 0 Å². The van der Waals surface area contributed by atoms with Crippen molar-refractivity contribution in [2.24, 2.45) is 27.2 Å². The highest BCUT2D eigenvalue weighted by Crippen LogP contribution is 2.40. The van der Waals surface area contributed by atoms with Crippen molar-refractivity contribution in [1.29, 1.82) is 0 Å². The maximum absolute atomic E-state index is 12.9. The van der Waals surface area contributed by atoms with Crippen molar-refractivity contribution in [2.45, 2.75) is 31.0 Å². The van der Waals surface area contributed by atoms with Gasteiger partial charge in [0.2, 0.25) is 11.6 Å². The van der Waals surface area contributed by atoms with E-state index in [4.69, 9.17) is 17.2 Å². The highest BCUT2D eigenvalue weighted by atomic mass is 79.9. The molecule has 3 heterocycles. The summed E-state index contributed by atoms with van der Waals surface area (Å²) in [6.07, 6.45) is -4.05. The number of halogens is 8. The summed E-state index contributed by atoms with van der Waals surface area (Å²) in [6.45, 7) is -2.35. The first kappa shape index (κ1) is 40.5. The van der Waals surface area contributed by atoms with Gasteiger partial charge in [0, 0.05) is 64.5 Å². The Balaban J connectivity index is 0.000000246. The van der Waals surface area contributed by atoms with Gasteiger partial charge >= 0.3 is 12.4 Å². The molecule has 272 valence electrons. The van der Waals surface area contributed by atoms with Crippen LogP contribution in [0.2, 0.25) is 0 Å². The van der Waals surface area contributed by atoms with Gasteiger partial charge in [0.25, 0.3) is 5.91 Å². The van der Waals surface area contributed by atoms with Crippen LogP contribution in [0.15, 0.2) is 104 Å². The number of guanidine groups is 2. The largest absolute Gasteiger partial charge is 0.406 e. The first-order valence-electron chi connectivity index (χ1n) is 14.3. The maximum atomic E-state index is 12.9. The number of benzene rings is 2. The molecule has 1 amide bonds. The van der Waals surface area contributed by atoms with Crippen LogP contribution in [0.3, 0.4) is 0 Å². The third kappa shape index (κ3) is 10.8. The first-order valence-corrected chi connectivity index (χ1v) is 15.9. The molecule has 1 unspecified atom stereocenters. The Labute approximate surface area is 304 Å². The first-order chi connectivity index (χ1) is 23.7. The van der Waals surface area contributed by atoms with Gasteiger partial charge in [-0.05, 0) is 42.0 Å². The van der Waals surface area contributed by atoms with E-state index in [1.165, 1.54) is 55.7 Å². The van der Waals surface area contributed by atoms with Crippen LogP contribution >= 0.6 is 31.9 Å². The van der Waals surface area contributed by atoms with Crippen LogP contribution < -0.4 is 17.2 Å². The lowest BCUT2D eigenvalue weighted by Crippen LogP contribution is -2.41. The van der Waals surface area contributed by atoms with Crippen LogP contribution in [0.25, 0.3) is 0 Å². The van der Waals surface area contributed by atoms with E-state index in [9.17, 15) is 40.7 Å². The predicted molar refractivity (Wildman–Crippen MR) is 185 cm³/mol. The Bertz CT molecular complexity index is 1950. The molecule has 51 heavy (non-hydrogen) atoms. The Morgan fingerprint density at radius 2 is 1.31 bits per heavy atom. The maximum Gasteiger partial charge on any atom is 0.406 e. The standard InChI is InChI=1S/C16H14BrF3N4O.C14H9BrF3NO2.C2H7N3/c1-23-13(25)16(22-14(23)21,10-3-2-4-12(17)7-10)11-5-6-24(8-11)9-15(18,19)20;15-11-3-1-2-9(6-11)12(20)13(21)10-4-5-19(7-10)8-14(16,17)18;1-5-2(3)4/h2-8H,9H2,1H3,(H2,21,22);1-7H,8H2;1H3,(H4,3,4,5). The third-order valence-electron chi connectivity index (χ3n) is 6.94. The minimum absolute atomic E-state index is 0.00791. The van der Waals surface area contributed by atoms with Crippen LogP contribution in [0, 0.1) is 0 Å². The summed E-state index contributed by atoms with van der Waals surface area (Å²) >= 11 is 6.52. The third-order valence-corrected chi connectivity index (χ3v) is 7.92. The number of ketones is 2. The van der Waals surface area contributed by atoms with E-state index < -0.39 is 48.5 Å². The number of Topliss-reactive ketones (excluding diaryl/α,β-unsaturated/α-hetero) is 2. The molecule has 6 N–H and O–H groups in total. The number of nitrogens with two attached hydrogens (primary N) is 3. The van der Waals surface area contributed by atoms with Gasteiger partial charge in [-0.25, -0.2) is 4.99 Å². The van der Waals surface area contributed by atoms with Crippen molar-refractivity contribution < 1.29 is 40.7 Å². The summed E-state index contributed by atoms with van der Waals surface area (Å²) in [5, 5.41) is 0. The van der Waals surface area contributed by atoms with E-state index in [-0.39, 0.29) is 23.0 Å².